The zero-order valence-corrected chi connectivity index (χ0v) is 39.3. The zero-order valence-electron chi connectivity index (χ0n) is 37.5. The van der Waals surface area contributed by atoms with Crippen LogP contribution in [0.1, 0.15) is 71.8 Å². The highest BCUT2D eigenvalue weighted by Crippen LogP contribution is 2.39. The molecule has 338 valence electrons. The molecule has 3 fully saturated rings. The summed E-state index contributed by atoms with van der Waals surface area (Å²) in [6.45, 7) is 10.3. The van der Waals surface area contributed by atoms with E-state index in [0.717, 1.165) is 31.4 Å². The van der Waals surface area contributed by atoms with Crippen molar-refractivity contribution in [2.24, 2.45) is 11.8 Å². The maximum absolute atomic E-state index is 14.1. The van der Waals surface area contributed by atoms with Crippen LogP contribution in [-0.2, 0) is 44.6 Å². The van der Waals surface area contributed by atoms with Crippen LogP contribution >= 0.6 is 0 Å². The van der Waals surface area contributed by atoms with Gasteiger partial charge in [-0.1, -0.05) is 149 Å². The molecule has 7 rings (SSSR count). The number of sulfone groups is 1. The van der Waals surface area contributed by atoms with Crippen LogP contribution in [-0.4, -0.2) is 96.7 Å². The summed E-state index contributed by atoms with van der Waals surface area (Å²) >= 11 is 0. The number of aliphatic hydroxyl groups is 1. The second-order valence-electron chi connectivity index (χ2n) is 18.6. The number of aliphatic hydroxyl groups excluding tert-OH is 1. The lowest BCUT2D eigenvalue weighted by atomic mass is 9.84. The number of ether oxygens (including phenoxy) is 5. The lowest BCUT2D eigenvalue weighted by Crippen LogP contribution is -2.67. The summed E-state index contributed by atoms with van der Waals surface area (Å²) in [4.78, 5) is 0.198. The van der Waals surface area contributed by atoms with Crippen LogP contribution in [0.15, 0.2) is 126 Å². The Kier molecular flexibility index (Phi) is 16.2. The second kappa shape index (κ2) is 21.5. The van der Waals surface area contributed by atoms with E-state index in [2.05, 4.69) is 88.1 Å². The molecule has 0 spiro atoms. The van der Waals surface area contributed by atoms with E-state index in [1.807, 2.05) is 42.5 Å². The largest absolute Gasteiger partial charge is 0.405 e. The monoisotopic (exact) mass is 894 g/mol. The molecule has 3 aliphatic heterocycles. The summed E-state index contributed by atoms with van der Waals surface area (Å²) in [6, 6.07) is 39.5. The third-order valence-electron chi connectivity index (χ3n) is 12.9. The van der Waals surface area contributed by atoms with Gasteiger partial charge in [0.05, 0.1) is 72.5 Å². The van der Waals surface area contributed by atoms with Gasteiger partial charge in [-0.25, -0.2) is 8.42 Å². The summed E-state index contributed by atoms with van der Waals surface area (Å²) in [5, 5.41) is 13.9. The molecule has 3 aliphatic rings. The van der Waals surface area contributed by atoms with Gasteiger partial charge in [-0.2, -0.15) is 0 Å². The van der Waals surface area contributed by atoms with E-state index in [1.54, 1.807) is 37.4 Å². The van der Waals surface area contributed by atoms with Gasteiger partial charge in [0.2, 0.25) is 0 Å². The molecule has 0 radical (unpaired) electrons. The maximum Gasteiger partial charge on any atom is 0.261 e. The molecule has 11 heteroatoms. The first kappa shape index (κ1) is 47.3. The highest BCUT2D eigenvalue weighted by Gasteiger charge is 2.51. The van der Waals surface area contributed by atoms with Crippen LogP contribution in [0.3, 0.4) is 0 Å². The van der Waals surface area contributed by atoms with Crippen molar-refractivity contribution in [3.8, 4) is 11.8 Å². The Morgan fingerprint density at radius 3 is 1.98 bits per heavy atom. The third kappa shape index (κ3) is 11.8. The molecule has 4 aromatic rings. The third-order valence-corrected chi connectivity index (χ3v) is 19.7. The Labute approximate surface area is 376 Å². The molecule has 9 nitrogen and oxygen atoms in total. The Morgan fingerprint density at radius 1 is 0.778 bits per heavy atom. The highest BCUT2D eigenvalue weighted by molar-refractivity contribution is 7.91. The van der Waals surface area contributed by atoms with Crippen LogP contribution in [0.2, 0.25) is 5.04 Å². The molecule has 0 bridgehead atoms. The van der Waals surface area contributed by atoms with Crippen molar-refractivity contribution in [1.82, 2.24) is 0 Å². The number of rotatable bonds is 15. The van der Waals surface area contributed by atoms with E-state index < -0.39 is 48.5 Å². The van der Waals surface area contributed by atoms with Crippen LogP contribution in [0.4, 0.5) is 0 Å². The molecule has 3 saturated heterocycles. The molecule has 10 atom stereocenters. The normalized spacial score (nSPS) is 25.8. The SMILES string of the molecule is COC(C#C[C@H](CS(=O)(=O)c1ccccc1)[C@H]1O[C@H]2C[C@@H](C)C[C@H]3OCCC[C@@H]3O[C@@H]2C[C@@H]1O)C[C@@H](CO[Si](c1ccccc1)(c1ccccc1)C(C)(C)C)OCc1ccccc1. The molecule has 63 heavy (non-hydrogen) atoms. The van der Waals surface area contributed by atoms with Gasteiger partial charge in [-0.05, 0) is 64.7 Å². The molecule has 4 aromatic carbocycles. The quantitative estimate of drug-likeness (QED) is 0.0958. The Hall–Kier alpha value is -3.67. The van der Waals surface area contributed by atoms with Crippen molar-refractivity contribution < 1.29 is 41.6 Å². The second-order valence-corrected chi connectivity index (χ2v) is 25.0. The first-order valence-electron chi connectivity index (χ1n) is 22.7. The summed E-state index contributed by atoms with van der Waals surface area (Å²) in [5.41, 5.74) is 1.03. The van der Waals surface area contributed by atoms with E-state index in [9.17, 15) is 13.5 Å². The minimum Gasteiger partial charge on any atom is -0.405 e. The molecule has 0 aliphatic carbocycles. The molecular formula is C52H66O9SSi. The van der Waals surface area contributed by atoms with Crippen molar-refractivity contribution in [2.75, 3.05) is 26.1 Å². The number of hydrogen-bond acceptors (Lipinski definition) is 9. The summed E-state index contributed by atoms with van der Waals surface area (Å²) in [5.74, 6) is 5.72. The van der Waals surface area contributed by atoms with Gasteiger partial charge >= 0.3 is 0 Å². The van der Waals surface area contributed by atoms with Crippen LogP contribution in [0.25, 0.3) is 0 Å². The highest BCUT2D eigenvalue weighted by atomic mass is 32.2. The van der Waals surface area contributed by atoms with E-state index >= 15 is 0 Å². The minimum atomic E-state index is -3.83. The van der Waals surface area contributed by atoms with Gasteiger partial charge in [0.25, 0.3) is 8.32 Å². The Morgan fingerprint density at radius 2 is 1.37 bits per heavy atom. The molecule has 0 aromatic heterocycles. The first-order valence-corrected chi connectivity index (χ1v) is 26.2. The van der Waals surface area contributed by atoms with E-state index in [1.165, 1.54) is 10.4 Å². The van der Waals surface area contributed by atoms with Gasteiger partial charge in [-0.15, -0.1) is 0 Å². The number of fused-ring (bicyclic) bond motifs is 2. The van der Waals surface area contributed by atoms with E-state index in [0.29, 0.717) is 25.9 Å². The predicted molar refractivity (Wildman–Crippen MR) is 249 cm³/mol. The average molecular weight is 895 g/mol. The topological polar surface area (TPSA) is 110 Å². The Balaban J connectivity index is 1.18. The minimum absolute atomic E-state index is 0.0278. The summed E-state index contributed by atoms with van der Waals surface area (Å²) in [6.07, 6.45) is 0.396. The summed E-state index contributed by atoms with van der Waals surface area (Å²) < 4.78 is 67.9. The smallest absolute Gasteiger partial charge is 0.261 e. The van der Waals surface area contributed by atoms with Crippen LogP contribution < -0.4 is 10.4 Å². The molecular weight excluding hydrogens is 829 g/mol. The van der Waals surface area contributed by atoms with Crippen LogP contribution in [0.5, 0.6) is 0 Å². The molecule has 0 saturated carbocycles. The molecule has 1 N–H and O–H groups in total. The van der Waals surface area contributed by atoms with Gasteiger partial charge < -0.3 is 33.2 Å². The fourth-order valence-electron chi connectivity index (χ4n) is 9.70. The van der Waals surface area contributed by atoms with E-state index in [4.69, 9.17) is 28.1 Å². The van der Waals surface area contributed by atoms with Gasteiger partial charge in [0.1, 0.15) is 6.10 Å². The number of benzene rings is 4. The first-order chi connectivity index (χ1) is 30.4. The fourth-order valence-corrected chi connectivity index (χ4v) is 15.8. The van der Waals surface area contributed by atoms with Gasteiger partial charge in [0.15, 0.2) is 9.84 Å². The van der Waals surface area contributed by atoms with Crippen molar-refractivity contribution in [1.29, 1.82) is 0 Å². The lowest BCUT2D eigenvalue weighted by molar-refractivity contribution is -0.236. The van der Waals surface area contributed by atoms with Crippen LogP contribution in [0, 0.1) is 23.7 Å². The average Bonchev–Trinajstić information content (AvgIpc) is 3.28. The van der Waals surface area contributed by atoms with Crippen molar-refractivity contribution in [3.63, 3.8) is 0 Å². The number of methoxy groups -OCH3 is 1. The molecule has 1 unspecified atom stereocenters. The molecule has 3 heterocycles. The zero-order chi connectivity index (χ0) is 44.5. The van der Waals surface area contributed by atoms with E-state index in [-0.39, 0.29) is 52.6 Å². The summed E-state index contributed by atoms with van der Waals surface area (Å²) in [7, 11) is -5.15. The predicted octanol–water partition coefficient (Wildman–Crippen LogP) is 7.53. The number of hydrogen-bond donors (Lipinski definition) is 1. The maximum atomic E-state index is 14.1. The fraction of sp³-hybridized carbons (Fsp3) is 0.500. The lowest BCUT2D eigenvalue weighted by Gasteiger charge is -2.46. The van der Waals surface area contributed by atoms with Crippen molar-refractivity contribution in [2.45, 2.75) is 132 Å². The van der Waals surface area contributed by atoms with Gasteiger partial charge in [0, 0.05) is 26.6 Å². The van der Waals surface area contributed by atoms with Crippen molar-refractivity contribution >= 4 is 28.5 Å². The van der Waals surface area contributed by atoms with Crippen molar-refractivity contribution in [3.05, 3.63) is 127 Å². The van der Waals surface area contributed by atoms with Gasteiger partial charge in [-0.3, -0.25) is 0 Å². The standard InChI is InChI=1S/C52H66O9SSi/c1-38-31-48-47(27-18-30-57-48)60-50-34-46(53)51(61-49(50)32-38)40(37-62(54,55)43-21-12-7-13-22-43)28-29-41(56-5)33-42(58-35-39-19-10-6-11-20-39)36-59-63(52(2,3)4,44-23-14-8-15-24-44)45-25-16-9-17-26-45/h6-17,19-26,38,40-42,46-51,53H,18,27,30-37H2,1-5H3/t38-,40+,41?,42-,46-,47-,48+,49-,50+,51+/m0/s1. The Bertz CT molecular complexity index is 2140. The molecule has 0 amide bonds.